The average Bonchev–Trinajstić information content (AvgIpc) is 2.67. The molecule has 1 aliphatic rings. The van der Waals surface area contributed by atoms with Gasteiger partial charge in [0.25, 0.3) is 0 Å². The van der Waals surface area contributed by atoms with Crippen molar-refractivity contribution in [3.05, 3.63) is 0 Å². The lowest BCUT2D eigenvalue weighted by molar-refractivity contribution is 0.0468. The zero-order valence-corrected chi connectivity index (χ0v) is 10.6. The van der Waals surface area contributed by atoms with E-state index in [1.54, 1.807) is 7.11 Å². The minimum Gasteiger partial charge on any atom is -0.385 e. The van der Waals surface area contributed by atoms with E-state index in [0.29, 0.717) is 5.41 Å². The Morgan fingerprint density at radius 3 is 2.50 bits per heavy atom. The van der Waals surface area contributed by atoms with Crippen molar-refractivity contribution in [2.45, 2.75) is 32.1 Å². The normalized spacial score (nSPS) is 20.1. The molecule has 1 rings (SSSR count). The highest BCUT2D eigenvalue weighted by Gasteiger charge is 2.32. The number of hydrogen-bond acceptors (Lipinski definition) is 2. The Morgan fingerprint density at radius 1 is 1.21 bits per heavy atom. The number of methoxy groups -OCH3 is 1. The zero-order valence-electron chi connectivity index (χ0n) is 9.06. The molecule has 0 spiro atoms. The summed E-state index contributed by atoms with van der Waals surface area (Å²) in [7, 11) is 1.73. The lowest BCUT2D eigenvalue weighted by atomic mass is 9.90. The van der Waals surface area contributed by atoms with Crippen molar-refractivity contribution < 1.29 is 9.47 Å². The molecule has 0 atom stereocenters. The summed E-state index contributed by atoms with van der Waals surface area (Å²) in [6.07, 6.45) is 6.39. The Hall–Kier alpha value is 0.400. The predicted molar refractivity (Wildman–Crippen MR) is 62.0 cm³/mol. The first kappa shape index (κ1) is 12.5. The molecule has 0 aliphatic heterocycles. The van der Waals surface area contributed by atoms with Crippen LogP contribution in [0, 0.1) is 5.41 Å². The fourth-order valence-corrected chi connectivity index (χ4v) is 2.76. The molecule has 0 amide bonds. The van der Waals surface area contributed by atoms with Crippen molar-refractivity contribution in [2.75, 3.05) is 32.3 Å². The molecule has 0 saturated heterocycles. The van der Waals surface area contributed by atoms with Gasteiger partial charge < -0.3 is 9.47 Å². The number of halogens is 1. The fourth-order valence-electron chi connectivity index (χ4n) is 2.04. The first-order valence-electron chi connectivity index (χ1n) is 5.46. The number of alkyl halides is 1. The quantitative estimate of drug-likeness (QED) is 0.520. The van der Waals surface area contributed by atoms with Crippen molar-refractivity contribution in [1.29, 1.82) is 0 Å². The van der Waals surface area contributed by atoms with Crippen molar-refractivity contribution in [3.8, 4) is 0 Å². The Morgan fingerprint density at radius 2 is 1.93 bits per heavy atom. The Bertz CT molecular complexity index is 144. The maximum Gasteiger partial charge on any atom is 0.0530 e. The van der Waals surface area contributed by atoms with E-state index in [0.717, 1.165) is 31.6 Å². The van der Waals surface area contributed by atoms with Crippen LogP contribution < -0.4 is 0 Å². The Kier molecular flexibility index (Phi) is 6.06. The van der Waals surface area contributed by atoms with E-state index in [1.807, 2.05) is 0 Å². The summed E-state index contributed by atoms with van der Waals surface area (Å²) >= 11 is 3.61. The van der Waals surface area contributed by atoms with Crippen LogP contribution in [0.1, 0.15) is 32.1 Å². The predicted octanol–water partition coefficient (Wildman–Crippen LogP) is 2.99. The maximum atomic E-state index is 5.70. The van der Waals surface area contributed by atoms with Crippen LogP contribution in [0.5, 0.6) is 0 Å². The summed E-state index contributed by atoms with van der Waals surface area (Å²) < 4.78 is 10.7. The molecular formula is C11H21BrO2. The maximum absolute atomic E-state index is 5.70. The summed E-state index contributed by atoms with van der Waals surface area (Å²) in [5.74, 6) is 0. The van der Waals surface area contributed by atoms with Gasteiger partial charge in [-0.05, 0) is 19.3 Å². The van der Waals surface area contributed by atoms with Gasteiger partial charge in [0.15, 0.2) is 0 Å². The first-order valence-corrected chi connectivity index (χ1v) is 6.58. The second-order valence-electron chi connectivity index (χ2n) is 4.24. The minimum atomic E-state index is 0.438. The van der Waals surface area contributed by atoms with Crippen molar-refractivity contribution in [1.82, 2.24) is 0 Å². The highest BCUT2D eigenvalue weighted by Crippen LogP contribution is 2.39. The molecule has 1 fully saturated rings. The van der Waals surface area contributed by atoms with Gasteiger partial charge in [0.2, 0.25) is 0 Å². The van der Waals surface area contributed by atoms with Crippen LogP contribution in [0.3, 0.4) is 0 Å². The van der Waals surface area contributed by atoms with Gasteiger partial charge in [0, 0.05) is 31.1 Å². The molecule has 0 radical (unpaired) electrons. The highest BCUT2D eigenvalue weighted by molar-refractivity contribution is 9.09. The van der Waals surface area contributed by atoms with Gasteiger partial charge in [-0.25, -0.2) is 0 Å². The molecule has 0 aromatic carbocycles. The minimum absolute atomic E-state index is 0.438. The molecular weight excluding hydrogens is 244 g/mol. The van der Waals surface area contributed by atoms with E-state index in [1.165, 1.54) is 25.7 Å². The molecule has 0 bridgehead atoms. The molecule has 2 nitrogen and oxygen atoms in total. The van der Waals surface area contributed by atoms with Crippen molar-refractivity contribution in [2.24, 2.45) is 5.41 Å². The first-order chi connectivity index (χ1) is 6.83. The molecule has 3 heteroatoms. The standard InChI is InChI=1S/C11H21BrO2/c1-13-7-4-8-14-10-11(9-12)5-2-3-6-11/h2-10H2,1H3. The second-order valence-corrected chi connectivity index (χ2v) is 4.80. The van der Waals surface area contributed by atoms with Crippen LogP contribution in [0.25, 0.3) is 0 Å². The van der Waals surface area contributed by atoms with Crippen LogP contribution >= 0.6 is 15.9 Å². The molecule has 1 aliphatic carbocycles. The van der Waals surface area contributed by atoms with Gasteiger partial charge in [-0.1, -0.05) is 28.8 Å². The average molecular weight is 265 g/mol. The summed E-state index contributed by atoms with van der Waals surface area (Å²) in [6, 6.07) is 0. The van der Waals surface area contributed by atoms with Crippen LogP contribution in [0.15, 0.2) is 0 Å². The summed E-state index contributed by atoms with van der Waals surface area (Å²) in [6.45, 7) is 2.56. The molecule has 84 valence electrons. The Balaban J connectivity index is 2.08. The number of ether oxygens (including phenoxy) is 2. The molecule has 0 heterocycles. The smallest absolute Gasteiger partial charge is 0.0530 e. The SMILES string of the molecule is COCCCOCC1(CBr)CCCC1. The summed E-state index contributed by atoms with van der Waals surface area (Å²) in [5, 5.41) is 1.09. The van der Waals surface area contributed by atoms with Gasteiger partial charge in [-0.15, -0.1) is 0 Å². The number of rotatable bonds is 7. The van der Waals surface area contributed by atoms with Gasteiger partial charge in [0.1, 0.15) is 0 Å². The van der Waals surface area contributed by atoms with Crippen molar-refractivity contribution in [3.63, 3.8) is 0 Å². The third-order valence-corrected chi connectivity index (χ3v) is 4.18. The topological polar surface area (TPSA) is 18.5 Å². The molecule has 0 aromatic heterocycles. The van der Waals surface area contributed by atoms with Gasteiger partial charge in [0.05, 0.1) is 6.61 Å². The van der Waals surface area contributed by atoms with Gasteiger partial charge >= 0.3 is 0 Å². The third kappa shape index (κ3) is 3.87. The van der Waals surface area contributed by atoms with E-state index in [4.69, 9.17) is 9.47 Å². The van der Waals surface area contributed by atoms with E-state index in [9.17, 15) is 0 Å². The molecule has 14 heavy (non-hydrogen) atoms. The van der Waals surface area contributed by atoms with Crippen LogP contribution in [-0.2, 0) is 9.47 Å². The van der Waals surface area contributed by atoms with Crippen LogP contribution in [-0.4, -0.2) is 32.3 Å². The highest BCUT2D eigenvalue weighted by atomic mass is 79.9. The fraction of sp³-hybridized carbons (Fsp3) is 1.00. The van der Waals surface area contributed by atoms with Gasteiger partial charge in [-0.3, -0.25) is 0 Å². The van der Waals surface area contributed by atoms with E-state index < -0.39 is 0 Å². The molecule has 0 aromatic rings. The molecule has 0 N–H and O–H groups in total. The van der Waals surface area contributed by atoms with E-state index in [-0.39, 0.29) is 0 Å². The second kappa shape index (κ2) is 6.81. The molecule has 0 unspecified atom stereocenters. The lowest BCUT2D eigenvalue weighted by Crippen LogP contribution is -2.25. The van der Waals surface area contributed by atoms with E-state index >= 15 is 0 Å². The molecule has 1 saturated carbocycles. The van der Waals surface area contributed by atoms with Crippen LogP contribution in [0.2, 0.25) is 0 Å². The van der Waals surface area contributed by atoms with Crippen LogP contribution in [0.4, 0.5) is 0 Å². The van der Waals surface area contributed by atoms with E-state index in [2.05, 4.69) is 15.9 Å². The summed E-state index contributed by atoms with van der Waals surface area (Å²) in [5.41, 5.74) is 0.438. The summed E-state index contributed by atoms with van der Waals surface area (Å²) in [4.78, 5) is 0. The van der Waals surface area contributed by atoms with Gasteiger partial charge in [-0.2, -0.15) is 0 Å². The third-order valence-electron chi connectivity index (χ3n) is 2.99. The largest absolute Gasteiger partial charge is 0.385 e. The van der Waals surface area contributed by atoms with Crippen molar-refractivity contribution >= 4 is 15.9 Å². The Labute approximate surface area is 95.5 Å². The lowest BCUT2D eigenvalue weighted by Gasteiger charge is -2.26. The monoisotopic (exact) mass is 264 g/mol. The number of hydrogen-bond donors (Lipinski definition) is 0. The zero-order chi connectivity index (χ0) is 10.3.